The molecule has 0 saturated carbocycles. The van der Waals surface area contributed by atoms with Crippen LogP contribution in [0.3, 0.4) is 0 Å². The number of aromatic nitrogens is 2. The van der Waals surface area contributed by atoms with Gasteiger partial charge in [0.25, 0.3) is 5.91 Å². The van der Waals surface area contributed by atoms with Crippen molar-refractivity contribution in [3.05, 3.63) is 52.3 Å². The fourth-order valence-corrected chi connectivity index (χ4v) is 4.70. The zero-order valence-corrected chi connectivity index (χ0v) is 15.5. The van der Waals surface area contributed by atoms with Gasteiger partial charge in [0.15, 0.2) is 0 Å². The third-order valence-electron chi connectivity index (χ3n) is 5.82. The van der Waals surface area contributed by atoms with Crippen LogP contribution in [0.5, 0.6) is 0 Å². The van der Waals surface area contributed by atoms with Crippen LogP contribution >= 0.6 is 11.6 Å². The van der Waals surface area contributed by atoms with E-state index < -0.39 is 5.82 Å². The minimum Gasteiger partial charge on any atom is -0.348 e. The van der Waals surface area contributed by atoms with E-state index in [2.05, 4.69) is 21.8 Å². The van der Waals surface area contributed by atoms with E-state index in [1.54, 1.807) is 6.33 Å². The molecule has 1 spiro atoms. The number of halogens is 2. The molecule has 0 aliphatic carbocycles. The van der Waals surface area contributed by atoms with Crippen LogP contribution in [-0.2, 0) is 12.0 Å². The first-order valence-electron chi connectivity index (χ1n) is 9.07. The number of likely N-dealkylation sites (N-methyl/N-ethyl adjacent to an activating group) is 1. The van der Waals surface area contributed by atoms with Gasteiger partial charge in [0.05, 0.1) is 28.1 Å². The summed E-state index contributed by atoms with van der Waals surface area (Å²) in [5.74, 6) is -0.568. The van der Waals surface area contributed by atoms with E-state index in [9.17, 15) is 9.18 Å². The Balaban J connectivity index is 1.56. The monoisotopic (exact) mass is 376 g/mol. The topological polar surface area (TPSA) is 52.2 Å². The highest BCUT2D eigenvalue weighted by molar-refractivity contribution is 6.33. The van der Waals surface area contributed by atoms with Crippen molar-refractivity contribution in [2.75, 3.05) is 26.2 Å². The van der Waals surface area contributed by atoms with Gasteiger partial charge in [-0.25, -0.2) is 9.37 Å². The van der Waals surface area contributed by atoms with Gasteiger partial charge in [-0.2, -0.15) is 0 Å². The SMILES string of the molecule is CCN1CCc2[nH]cnc2C12CCN(C(=O)c1ccc(F)cc1Cl)CC2. The summed E-state index contributed by atoms with van der Waals surface area (Å²) in [6.45, 7) is 5.41. The molecule has 5 nitrogen and oxygen atoms in total. The Hall–Kier alpha value is -1.92. The minimum atomic E-state index is -0.434. The van der Waals surface area contributed by atoms with E-state index in [4.69, 9.17) is 11.6 Å². The molecule has 7 heteroatoms. The molecule has 1 aromatic carbocycles. The standard InChI is InChI=1S/C19H22ClFN4O/c1-2-25-8-5-16-17(23-12-22-16)19(25)6-9-24(10-7-19)18(26)14-4-3-13(21)11-15(14)20/h3-4,11-12H,2,5-10H2,1H3,(H,22,23). The molecule has 138 valence electrons. The van der Waals surface area contributed by atoms with Crippen molar-refractivity contribution in [2.24, 2.45) is 0 Å². The molecule has 3 heterocycles. The molecule has 0 atom stereocenters. The molecule has 1 saturated heterocycles. The van der Waals surface area contributed by atoms with E-state index in [0.29, 0.717) is 18.7 Å². The van der Waals surface area contributed by atoms with Gasteiger partial charge in [-0.15, -0.1) is 0 Å². The van der Waals surface area contributed by atoms with E-state index in [1.165, 1.54) is 23.9 Å². The number of hydrogen-bond donors (Lipinski definition) is 1. The smallest absolute Gasteiger partial charge is 0.255 e. The number of nitrogens with one attached hydrogen (secondary N) is 1. The summed E-state index contributed by atoms with van der Waals surface area (Å²) in [5.41, 5.74) is 2.61. The second-order valence-electron chi connectivity index (χ2n) is 7.01. The minimum absolute atomic E-state index is 0.105. The Morgan fingerprint density at radius 1 is 1.35 bits per heavy atom. The highest BCUT2D eigenvalue weighted by Crippen LogP contribution is 2.42. The number of rotatable bonds is 2. The second kappa shape index (κ2) is 6.67. The Labute approximate surface area is 157 Å². The first-order chi connectivity index (χ1) is 12.5. The van der Waals surface area contributed by atoms with Crippen molar-refractivity contribution < 1.29 is 9.18 Å². The molecule has 4 rings (SSSR count). The fraction of sp³-hybridized carbons (Fsp3) is 0.474. The van der Waals surface area contributed by atoms with E-state index in [0.717, 1.165) is 38.0 Å². The van der Waals surface area contributed by atoms with Crippen LogP contribution < -0.4 is 0 Å². The van der Waals surface area contributed by atoms with Crippen molar-refractivity contribution in [1.29, 1.82) is 0 Å². The molecule has 0 bridgehead atoms. The molecular weight excluding hydrogens is 355 g/mol. The number of likely N-dealkylation sites (tertiary alicyclic amines) is 1. The molecule has 2 aromatic rings. The van der Waals surface area contributed by atoms with Crippen molar-refractivity contribution >= 4 is 17.5 Å². The first kappa shape index (κ1) is 17.5. The Kier molecular flexibility index (Phi) is 4.49. The molecule has 1 aromatic heterocycles. The number of H-pyrrole nitrogens is 1. The maximum Gasteiger partial charge on any atom is 0.255 e. The van der Waals surface area contributed by atoms with Crippen molar-refractivity contribution in [2.45, 2.75) is 31.7 Å². The summed E-state index contributed by atoms with van der Waals surface area (Å²) < 4.78 is 13.3. The third-order valence-corrected chi connectivity index (χ3v) is 6.13. The summed E-state index contributed by atoms with van der Waals surface area (Å²) in [6, 6.07) is 3.94. The summed E-state index contributed by atoms with van der Waals surface area (Å²) in [7, 11) is 0. The largest absolute Gasteiger partial charge is 0.348 e. The predicted octanol–water partition coefficient (Wildman–Crippen LogP) is 3.21. The van der Waals surface area contributed by atoms with Crippen LogP contribution in [0.2, 0.25) is 5.02 Å². The summed E-state index contributed by atoms with van der Waals surface area (Å²) in [4.78, 5) is 25.0. The molecule has 1 amide bonds. The fourth-order valence-electron chi connectivity index (χ4n) is 4.45. The maximum atomic E-state index is 13.3. The van der Waals surface area contributed by atoms with Gasteiger partial charge in [0, 0.05) is 31.7 Å². The number of carbonyl (C=O) groups excluding carboxylic acids is 1. The lowest BCUT2D eigenvalue weighted by Crippen LogP contribution is -2.57. The highest BCUT2D eigenvalue weighted by atomic mass is 35.5. The predicted molar refractivity (Wildman–Crippen MR) is 97.8 cm³/mol. The van der Waals surface area contributed by atoms with Crippen LogP contribution in [0.25, 0.3) is 0 Å². The average molecular weight is 377 g/mol. The number of imidazole rings is 1. The highest BCUT2D eigenvalue weighted by Gasteiger charge is 2.46. The van der Waals surface area contributed by atoms with E-state index >= 15 is 0 Å². The van der Waals surface area contributed by atoms with Crippen molar-refractivity contribution in [3.63, 3.8) is 0 Å². The molecule has 26 heavy (non-hydrogen) atoms. The van der Waals surface area contributed by atoms with Crippen LogP contribution in [0.1, 0.15) is 41.5 Å². The normalized spacial score (nSPS) is 19.6. The molecule has 1 N–H and O–H groups in total. The summed E-state index contributed by atoms with van der Waals surface area (Å²) in [5, 5.41) is 0.165. The number of hydrogen-bond acceptors (Lipinski definition) is 3. The van der Waals surface area contributed by atoms with Gasteiger partial charge in [-0.1, -0.05) is 18.5 Å². The molecule has 1 fully saturated rings. The van der Waals surface area contributed by atoms with Crippen LogP contribution in [0, 0.1) is 5.82 Å². The van der Waals surface area contributed by atoms with E-state index in [1.807, 2.05) is 4.90 Å². The summed E-state index contributed by atoms with van der Waals surface area (Å²) >= 11 is 6.07. The lowest BCUT2D eigenvalue weighted by molar-refractivity contribution is 0.0103. The van der Waals surface area contributed by atoms with Crippen LogP contribution in [-0.4, -0.2) is 51.9 Å². The zero-order chi connectivity index (χ0) is 18.3. The van der Waals surface area contributed by atoms with Gasteiger partial charge < -0.3 is 9.88 Å². The van der Waals surface area contributed by atoms with Gasteiger partial charge in [-0.3, -0.25) is 9.69 Å². The molecule has 2 aliphatic heterocycles. The van der Waals surface area contributed by atoms with Gasteiger partial charge in [0.2, 0.25) is 0 Å². The van der Waals surface area contributed by atoms with E-state index in [-0.39, 0.29) is 16.5 Å². The number of benzene rings is 1. The van der Waals surface area contributed by atoms with Crippen molar-refractivity contribution in [1.82, 2.24) is 19.8 Å². The molecule has 2 aliphatic rings. The number of carbonyl (C=O) groups is 1. The van der Waals surface area contributed by atoms with Crippen molar-refractivity contribution in [3.8, 4) is 0 Å². The molecule has 0 unspecified atom stereocenters. The third kappa shape index (κ3) is 2.72. The number of fused-ring (bicyclic) bond motifs is 2. The quantitative estimate of drug-likeness (QED) is 0.875. The van der Waals surface area contributed by atoms with Gasteiger partial charge in [0.1, 0.15) is 5.82 Å². The Morgan fingerprint density at radius 2 is 2.12 bits per heavy atom. The van der Waals surface area contributed by atoms with Gasteiger partial charge in [-0.05, 0) is 37.6 Å². The lowest BCUT2D eigenvalue weighted by atomic mass is 9.78. The Morgan fingerprint density at radius 3 is 2.81 bits per heavy atom. The van der Waals surface area contributed by atoms with Crippen LogP contribution in [0.4, 0.5) is 4.39 Å². The zero-order valence-electron chi connectivity index (χ0n) is 14.8. The van der Waals surface area contributed by atoms with Gasteiger partial charge >= 0.3 is 0 Å². The molecule has 0 radical (unpaired) electrons. The number of nitrogens with zero attached hydrogens (tertiary/aromatic N) is 3. The lowest BCUT2D eigenvalue weighted by Gasteiger charge is -2.50. The Bertz CT molecular complexity index is 829. The van der Waals surface area contributed by atoms with Crippen LogP contribution in [0.15, 0.2) is 24.5 Å². The summed E-state index contributed by atoms with van der Waals surface area (Å²) in [6.07, 6.45) is 4.44. The number of aromatic amines is 1. The number of amides is 1. The first-order valence-corrected chi connectivity index (χ1v) is 9.45. The maximum absolute atomic E-state index is 13.3. The second-order valence-corrected chi connectivity index (χ2v) is 7.41. The number of piperidine rings is 1. The average Bonchev–Trinajstić information content (AvgIpc) is 3.12. The molecular formula is C19H22ClFN4O.